The number of anilines is 1. The van der Waals surface area contributed by atoms with Gasteiger partial charge in [0.2, 0.25) is 0 Å². The van der Waals surface area contributed by atoms with Crippen LogP contribution in [0.3, 0.4) is 0 Å². The Morgan fingerprint density at radius 2 is 2.00 bits per heavy atom. The van der Waals surface area contributed by atoms with E-state index < -0.39 is 23.1 Å². The van der Waals surface area contributed by atoms with Crippen LogP contribution < -0.4 is 11.1 Å². The summed E-state index contributed by atoms with van der Waals surface area (Å²) in [6, 6.07) is 2.10. The standard InChI is InChI=1S/C13H17F2N3O/c14-9-3-4-10(16)12(15)11(9)13(19)17-5-8-18-6-1-2-7-18/h3-4H,1-2,5-8,16H2,(H,17,19). The molecule has 1 aromatic carbocycles. The van der Waals surface area contributed by atoms with Crippen LogP contribution in [0.1, 0.15) is 23.2 Å². The highest BCUT2D eigenvalue weighted by molar-refractivity contribution is 5.95. The SMILES string of the molecule is Nc1ccc(F)c(C(=O)NCCN2CCCC2)c1F. The van der Waals surface area contributed by atoms with E-state index in [1.807, 2.05) is 0 Å². The third-order valence-corrected chi connectivity index (χ3v) is 3.26. The van der Waals surface area contributed by atoms with Crippen LogP contribution in [0.25, 0.3) is 0 Å². The molecule has 19 heavy (non-hydrogen) atoms. The fourth-order valence-electron chi connectivity index (χ4n) is 2.20. The van der Waals surface area contributed by atoms with Crippen LogP contribution >= 0.6 is 0 Å². The Morgan fingerprint density at radius 1 is 1.32 bits per heavy atom. The molecule has 0 radical (unpaired) electrons. The van der Waals surface area contributed by atoms with Crippen molar-refractivity contribution in [2.45, 2.75) is 12.8 Å². The topological polar surface area (TPSA) is 58.4 Å². The number of hydrogen-bond acceptors (Lipinski definition) is 3. The zero-order chi connectivity index (χ0) is 13.8. The number of likely N-dealkylation sites (tertiary alicyclic amines) is 1. The highest BCUT2D eigenvalue weighted by Gasteiger charge is 2.19. The average Bonchev–Trinajstić information content (AvgIpc) is 2.87. The highest BCUT2D eigenvalue weighted by atomic mass is 19.1. The van der Waals surface area contributed by atoms with Crippen molar-refractivity contribution in [3.63, 3.8) is 0 Å². The number of rotatable bonds is 4. The molecule has 1 amide bonds. The number of nitrogens with one attached hydrogen (secondary N) is 1. The predicted octanol–water partition coefficient (Wildman–Crippen LogP) is 1.37. The number of hydrogen-bond donors (Lipinski definition) is 2. The Balaban J connectivity index is 1.94. The molecule has 0 saturated carbocycles. The van der Waals surface area contributed by atoms with Crippen molar-refractivity contribution < 1.29 is 13.6 Å². The van der Waals surface area contributed by atoms with Crippen molar-refractivity contribution in [1.82, 2.24) is 10.2 Å². The second-order valence-electron chi connectivity index (χ2n) is 4.63. The minimum atomic E-state index is -1.00. The molecule has 1 fully saturated rings. The van der Waals surface area contributed by atoms with E-state index in [0.717, 1.165) is 38.1 Å². The summed E-state index contributed by atoms with van der Waals surface area (Å²) in [5.41, 5.74) is 4.49. The summed E-state index contributed by atoms with van der Waals surface area (Å²) in [5, 5.41) is 2.52. The van der Waals surface area contributed by atoms with E-state index in [4.69, 9.17) is 5.73 Å². The maximum Gasteiger partial charge on any atom is 0.257 e. The van der Waals surface area contributed by atoms with Crippen molar-refractivity contribution in [2.75, 3.05) is 31.9 Å². The maximum atomic E-state index is 13.6. The quantitative estimate of drug-likeness (QED) is 0.812. The molecule has 0 aliphatic carbocycles. The summed E-state index contributed by atoms with van der Waals surface area (Å²) in [5.74, 6) is -2.66. The summed E-state index contributed by atoms with van der Waals surface area (Å²) in [4.78, 5) is 13.9. The predicted molar refractivity (Wildman–Crippen MR) is 68.8 cm³/mol. The molecular weight excluding hydrogens is 252 g/mol. The largest absolute Gasteiger partial charge is 0.396 e. The molecular formula is C13H17F2N3O. The van der Waals surface area contributed by atoms with E-state index in [1.165, 1.54) is 0 Å². The minimum absolute atomic E-state index is 0.230. The fourth-order valence-corrected chi connectivity index (χ4v) is 2.20. The van der Waals surface area contributed by atoms with Gasteiger partial charge in [0.05, 0.1) is 5.69 Å². The first kappa shape index (κ1) is 13.7. The first-order valence-electron chi connectivity index (χ1n) is 6.33. The van der Waals surface area contributed by atoms with Gasteiger partial charge in [-0.05, 0) is 38.1 Å². The van der Waals surface area contributed by atoms with E-state index in [9.17, 15) is 13.6 Å². The van der Waals surface area contributed by atoms with Gasteiger partial charge >= 0.3 is 0 Å². The number of benzene rings is 1. The third kappa shape index (κ3) is 3.20. The van der Waals surface area contributed by atoms with Crippen molar-refractivity contribution in [3.8, 4) is 0 Å². The van der Waals surface area contributed by atoms with Gasteiger partial charge in [0.25, 0.3) is 5.91 Å². The van der Waals surface area contributed by atoms with Gasteiger partial charge in [-0.3, -0.25) is 4.79 Å². The van der Waals surface area contributed by atoms with Crippen molar-refractivity contribution in [3.05, 3.63) is 29.3 Å². The van der Waals surface area contributed by atoms with Gasteiger partial charge in [-0.2, -0.15) is 0 Å². The van der Waals surface area contributed by atoms with Gasteiger partial charge in [0, 0.05) is 13.1 Å². The maximum absolute atomic E-state index is 13.6. The molecule has 1 aromatic rings. The van der Waals surface area contributed by atoms with E-state index in [2.05, 4.69) is 10.2 Å². The van der Waals surface area contributed by atoms with E-state index in [1.54, 1.807) is 0 Å². The van der Waals surface area contributed by atoms with E-state index in [-0.39, 0.29) is 5.69 Å². The molecule has 0 spiro atoms. The van der Waals surface area contributed by atoms with Gasteiger partial charge in [0.15, 0.2) is 5.82 Å². The lowest BCUT2D eigenvalue weighted by atomic mass is 10.1. The van der Waals surface area contributed by atoms with Gasteiger partial charge in [-0.15, -0.1) is 0 Å². The van der Waals surface area contributed by atoms with Crippen LogP contribution in [0.15, 0.2) is 12.1 Å². The summed E-state index contributed by atoms with van der Waals surface area (Å²) in [6.07, 6.45) is 2.32. The highest BCUT2D eigenvalue weighted by Crippen LogP contribution is 2.18. The normalized spacial score (nSPS) is 15.7. The Labute approximate surface area is 110 Å². The smallest absolute Gasteiger partial charge is 0.257 e. The molecule has 104 valence electrons. The lowest BCUT2D eigenvalue weighted by Crippen LogP contribution is -2.34. The molecule has 4 nitrogen and oxygen atoms in total. The average molecular weight is 269 g/mol. The van der Waals surface area contributed by atoms with Crippen LogP contribution in [-0.4, -0.2) is 37.0 Å². The molecule has 0 atom stereocenters. The van der Waals surface area contributed by atoms with Crippen LogP contribution in [-0.2, 0) is 0 Å². The zero-order valence-corrected chi connectivity index (χ0v) is 10.6. The molecule has 0 unspecified atom stereocenters. The first-order valence-corrected chi connectivity index (χ1v) is 6.33. The van der Waals surface area contributed by atoms with Crippen LogP contribution in [0.4, 0.5) is 14.5 Å². The lowest BCUT2D eigenvalue weighted by Gasteiger charge is -2.15. The fraction of sp³-hybridized carbons (Fsp3) is 0.462. The first-order chi connectivity index (χ1) is 9.09. The van der Waals surface area contributed by atoms with Gasteiger partial charge in [-0.25, -0.2) is 8.78 Å². The molecule has 1 saturated heterocycles. The second kappa shape index (κ2) is 5.97. The van der Waals surface area contributed by atoms with Crippen LogP contribution in [0, 0.1) is 11.6 Å². The monoisotopic (exact) mass is 269 g/mol. The number of halogens is 2. The van der Waals surface area contributed by atoms with Gasteiger partial charge < -0.3 is 16.0 Å². The molecule has 1 heterocycles. The van der Waals surface area contributed by atoms with E-state index in [0.29, 0.717) is 13.1 Å². The molecule has 6 heteroatoms. The second-order valence-corrected chi connectivity index (χ2v) is 4.63. The molecule has 0 bridgehead atoms. The van der Waals surface area contributed by atoms with Crippen LogP contribution in [0.2, 0.25) is 0 Å². The summed E-state index contributed by atoms with van der Waals surface area (Å²) >= 11 is 0. The van der Waals surface area contributed by atoms with Crippen molar-refractivity contribution in [1.29, 1.82) is 0 Å². The summed E-state index contributed by atoms with van der Waals surface area (Å²) in [6.45, 7) is 3.08. The van der Waals surface area contributed by atoms with Crippen LogP contribution in [0.5, 0.6) is 0 Å². The lowest BCUT2D eigenvalue weighted by molar-refractivity contribution is 0.0941. The Bertz CT molecular complexity index is 473. The van der Waals surface area contributed by atoms with Crippen molar-refractivity contribution in [2.24, 2.45) is 0 Å². The number of carbonyl (C=O) groups excluding carboxylic acids is 1. The molecule has 1 aliphatic rings. The Hall–Kier alpha value is -1.69. The number of nitrogens with zero attached hydrogens (tertiary/aromatic N) is 1. The zero-order valence-electron chi connectivity index (χ0n) is 10.6. The summed E-state index contributed by atoms with van der Waals surface area (Å²) < 4.78 is 27.0. The Kier molecular flexibility index (Phi) is 4.31. The number of nitrogens with two attached hydrogens (primary N) is 1. The number of nitrogen functional groups attached to an aromatic ring is 1. The van der Waals surface area contributed by atoms with Crippen molar-refractivity contribution >= 4 is 11.6 Å². The summed E-state index contributed by atoms with van der Waals surface area (Å²) in [7, 11) is 0. The molecule has 3 N–H and O–H groups in total. The Morgan fingerprint density at radius 3 is 2.68 bits per heavy atom. The minimum Gasteiger partial charge on any atom is -0.396 e. The van der Waals surface area contributed by atoms with E-state index >= 15 is 0 Å². The molecule has 1 aliphatic heterocycles. The van der Waals surface area contributed by atoms with Gasteiger partial charge in [0.1, 0.15) is 11.4 Å². The third-order valence-electron chi connectivity index (χ3n) is 3.26. The van der Waals surface area contributed by atoms with Gasteiger partial charge in [-0.1, -0.05) is 0 Å². The number of amides is 1. The molecule has 2 rings (SSSR count). The number of carbonyl (C=O) groups is 1. The molecule has 0 aromatic heterocycles.